The zero-order chi connectivity index (χ0) is 29.4. The highest BCUT2D eigenvalue weighted by Crippen LogP contribution is 2.20. The van der Waals surface area contributed by atoms with Crippen LogP contribution in [0.2, 0.25) is 10.0 Å². The van der Waals surface area contributed by atoms with E-state index in [0.29, 0.717) is 10.0 Å². The standard InChI is InChI=1S/C12H14N2.C11H10Cl2N2.C11H12N2/c1-10-3-2-4-11(7-10)5-6-12-8-13-9-14-12;12-9-3-8(4-10(13)5-9)1-2-11-6-14-7-15-11;1-2-4-10(5-3-1)6-7-11-8-12-9-13-11/h2-4,7-9H,5-6H2,1H3,(H,13,14);3-7H,1-2H2,(H,14,15);1-5,8-9H,6-7H2,(H,12,13). The van der Waals surface area contributed by atoms with Crippen molar-refractivity contribution in [3.05, 3.63) is 160 Å². The number of halogens is 2. The highest BCUT2D eigenvalue weighted by molar-refractivity contribution is 6.34. The summed E-state index contributed by atoms with van der Waals surface area (Å²) >= 11 is 11.8. The molecule has 0 radical (unpaired) electrons. The molecule has 42 heavy (non-hydrogen) atoms. The van der Waals surface area contributed by atoms with Crippen molar-refractivity contribution in [2.45, 2.75) is 45.4 Å². The van der Waals surface area contributed by atoms with Crippen LogP contribution in [0.1, 0.15) is 39.3 Å². The van der Waals surface area contributed by atoms with Crippen LogP contribution >= 0.6 is 23.2 Å². The third-order valence-electron chi connectivity index (χ3n) is 6.56. The Balaban J connectivity index is 0.000000145. The van der Waals surface area contributed by atoms with E-state index in [4.69, 9.17) is 23.2 Å². The topological polar surface area (TPSA) is 86.0 Å². The lowest BCUT2D eigenvalue weighted by Crippen LogP contribution is -1.91. The molecule has 0 saturated carbocycles. The predicted molar refractivity (Wildman–Crippen MR) is 172 cm³/mol. The molecule has 6 nitrogen and oxygen atoms in total. The molecular weight excluding hydrogens is 563 g/mol. The van der Waals surface area contributed by atoms with Gasteiger partial charge in [0, 0.05) is 45.7 Å². The van der Waals surface area contributed by atoms with Gasteiger partial charge in [0.25, 0.3) is 0 Å². The van der Waals surface area contributed by atoms with Gasteiger partial charge in [-0.05, 0) is 80.3 Å². The van der Waals surface area contributed by atoms with Crippen LogP contribution in [-0.2, 0) is 38.5 Å². The summed E-state index contributed by atoms with van der Waals surface area (Å²) in [6.45, 7) is 2.12. The van der Waals surface area contributed by atoms with Crippen molar-refractivity contribution in [1.82, 2.24) is 29.9 Å². The number of rotatable bonds is 9. The van der Waals surface area contributed by atoms with Gasteiger partial charge in [-0.2, -0.15) is 0 Å². The Bertz CT molecular complexity index is 1530. The van der Waals surface area contributed by atoms with E-state index in [1.54, 1.807) is 25.0 Å². The molecule has 0 aliphatic rings. The molecular formula is C34H36Cl2N6. The van der Waals surface area contributed by atoms with Crippen LogP contribution in [0.5, 0.6) is 0 Å². The quantitative estimate of drug-likeness (QED) is 0.157. The van der Waals surface area contributed by atoms with E-state index in [-0.39, 0.29) is 0 Å². The Morgan fingerprint density at radius 3 is 1.45 bits per heavy atom. The van der Waals surface area contributed by atoms with Gasteiger partial charge in [0.2, 0.25) is 0 Å². The van der Waals surface area contributed by atoms with Gasteiger partial charge in [0.1, 0.15) is 0 Å². The number of aromatic nitrogens is 6. The Labute approximate surface area is 257 Å². The van der Waals surface area contributed by atoms with Crippen molar-refractivity contribution in [3.63, 3.8) is 0 Å². The number of aryl methyl sites for hydroxylation is 7. The fourth-order valence-electron chi connectivity index (χ4n) is 4.37. The minimum absolute atomic E-state index is 0.683. The first-order chi connectivity index (χ1) is 20.5. The summed E-state index contributed by atoms with van der Waals surface area (Å²) in [7, 11) is 0. The molecule has 3 aromatic heterocycles. The van der Waals surface area contributed by atoms with E-state index in [0.717, 1.165) is 49.8 Å². The molecule has 0 aliphatic heterocycles. The first-order valence-corrected chi connectivity index (χ1v) is 14.8. The van der Waals surface area contributed by atoms with Crippen LogP contribution in [0.25, 0.3) is 0 Å². The van der Waals surface area contributed by atoms with Crippen molar-refractivity contribution >= 4 is 23.2 Å². The summed E-state index contributed by atoms with van der Waals surface area (Å²) in [4.78, 5) is 21.2. The third-order valence-corrected chi connectivity index (χ3v) is 7.00. The van der Waals surface area contributed by atoms with Crippen molar-refractivity contribution in [2.75, 3.05) is 0 Å². The summed E-state index contributed by atoms with van der Waals surface area (Å²) in [5.41, 5.74) is 8.74. The van der Waals surface area contributed by atoms with Crippen LogP contribution in [0.15, 0.2) is 110 Å². The summed E-state index contributed by atoms with van der Waals surface area (Å²) in [5.74, 6) is 0. The Morgan fingerprint density at radius 1 is 0.500 bits per heavy atom. The van der Waals surface area contributed by atoms with E-state index < -0.39 is 0 Å². The highest BCUT2D eigenvalue weighted by Gasteiger charge is 2.00. The Morgan fingerprint density at radius 2 is 0.976 bits per heavy atom. The molecule has 3 N–H and O–H groups in total. The first-order valence-electron chi connectivity index (χ1n) is 14.0. The zero-order valence-electron chi connectivity index (χ0n) is 23.7. The fraction of sp³-hybridized carbons (Fsp3) is 0.206. The fourth-order valence-corrected chi connectivity index (χ4v) is 4.94. The molecule has 0 fully saturated rings. The van der Waals surface area contributed by atoms with Gasteiger partial charge in [-0.15, -0.1) is 0 Å². The molecule has 0 unspecified atom stereocenters. The Hall–Kier alpha value is -4.13. The number of imidazole rings is 3. The molecule has 8 heteroatoms. The maximum atomic E-state index is 5.91. The van der Waals surface area contributed by atoms with Gasteiger partial charge >= 0.3 is 0 Å². The second-order valence-electron chi connectivity index (χ2n) is 9.98. The van der Waals surface area contributed by atoms with E-state index in [1.807, 2.05) is 36.8 Å². The van der Waals surface area contributed by atoms with Crippen LogP contribution in [0.3, 0.4) is 0 Å². The molecule has 0 bridgehead atoms. The van der Waals surface area contributed by atoms with Gasteiger partial charge in [-0.1, -0.05) is 83.4 Å². The highest BCUT2D eigenvalue weighted by atomic mass is 35.5. The number of nitrogens with one attached hydrogen (secondary N) is 3. The molecule has 3 aromatic carbocycles. The van der Waals surface area contributed by atoms with Gasteiger partial charge in [0.05, 0.1) is 19.0 Å². The summed E-state index contributed by atoms with van der Waals surface area (Å²) in [6.07, 6.45) is 16.7. The minimum Gasteiger partial charge on any atom is -0.348 e. The van der Waals surface area contributed by atoms with Crippen molar-refractivity contribution in [2.24, 2.45) is 0 Å². The molecule has 6 aromatic rings. The molecule has 0 amide bonds. The van der Waals surface area contributed by atoms with Crippen LogP contribution in [0, 0.1) is 6.92 Å². The van der Waals surface area contributed by atoms with Crippen LogP contribution in [-0.4, -0.2) is 29.9 Å². The van der Waals surface area contributed by atoms with Crippen molar-refractivity contribution < 1.29 is 0 Å². The average Bonchev–Trinajstić information content (AvgIpc) is 3.80. The number of H-pyrrole nitrogens is 3. The van der Waals surface area contributed by atoms with E-state index >= 15 is 0 Å². The molecule has 3 heterocycles. The second-order valence-corrected chi connectivity index (χ2v) is 10.9. The molecule has 6 rings (SSSR count). The van der Waals surface area contributed by atoms with Gasteiger partial charge < -0.3 is 15.0 Å². The number of hydrogen-bond acceptors (Lipinski definition) is 3. The number of hydrogen-bond donors (Lipinski definition) is 3. The maximum Gasteiger partial charge on any atom is 0.0921 e. The Kier molecular flexibility index (Phi) is 12.5. The largest absolute Gasteiger partial charge is 0.348 e. The second kappa shape index (κ2) is 17.0. The molecule has 0 spiro atoms. The smallest absolute Gasteiger partial charge is 0.0921 e. The van der Waals surface area contributed by atoms with E-state index in [1.165, 1.54) is 28.1 Å². The SMILES string of the molecule is Cc1cccc(CCc2cnc[nH]2)c1.Clc1cc(Cl)cc(CCc2cnc[nH]2)c1.c1ccc(CCc2cnc[nH]2)cc1. The zero-order valence-corrected chi connectivity index (χ0v) is 25.2. The lowest BCUT2D eigenvalue weighted by Gasteiger charge is -2.01. The van der Waals surface area contributed by atoms with Gasteiger partial charge in [0.15, 0.2) is 0 Å². The van der Waals surface area contributed by atoms with Crippen molar-refractivity contribution in [3.8, 4) is 0 Å². The first kappa shape index (κ1) is 30.8. The summed E-state index contributed by atoms with van der Waals surface area (Å²) in [5, 5.41) is 1.37. The van der Waals surface area contributed by atoms with Crippen LogP contribution in [0.4, 0.5) is 0 Å². The summed E-state index contributed by atoms with van der Waals surface area (Å²) < 4.78 is 0. The maximum absolute atomic E-state index is 5.91. The monoisotopic (exact) mass is 598 g/mol. The van der Waals surface area contributed by atoms with Crippen molar-refractivity contribution in [1.29, 1.82) is 0 Å². The lowest BCUT2D eigenvalue weighted by atomic mass is 10.1. The number of nitrogens with zero attached hydrogens (tertiary/aromatic N) is 3. The predicted octanol–water partition coefficient (Wildman–Crippen LogP) is 8.20. The third kappa shape index (κ3) is 11.4. The number of aromatic amines is 3. The molecule has 0 atom stereocenters. The average molecular weight is 600 g/mol. The van der Waals surface area contributed by atoms with Gasteiger partial charge in [-0.3, -0.25) is 0 Å². The van der Waals surface area contributed by atoms with E-state index in [9.17, 15) is 0 Å². The number of benzene rings is 3. The molecule has 0 aliphatic carbocycles. The lowest BCUT2D eigenvalue weighted by molar-refractivity contribution is 0.924. The summed E-state index contributed by atoms with van der Waals surface area (Å²) in [6, 6.07) is 24.7. The minimum atomic E-state index is 0.683. The van der Waals surface area contributed by atoms with Gasteiger partial charge in [-0.25, -0.2) is 15.0 Å². The normalized spacial score (nSPS) is 10.4. The molecule has 0 saturated heterocycles. The molecule has 216 valence electrons. The van der Waals surface area contributed by atoms with E-state index in [2.05, 4.69) is 85.4 Å². The van der Waals surface area contributed by atoms with Crippen LogP contribution < -0.4 is 0 Å².